The summed E-state index contributed by atoms with van der Waals surface area (Å²) >= 11 is 7.43. The van der Waals surface area contributed by atoms with Crippen molar-refractivity contribution in [2.45, 2.75) is 19.0 Å². The van der Waals surface area contributed by atoms with Gasteiger partial charge in [-0.25, -0.2) is 4.98 Å². The molecule has 0 spiro atoms. The lowest BCUT2D eigenvalue weighted by Crippen LogP contribution is -2.22. The quantitative estimate of drug-likeness (QED) is 0.325. The number of nitrogens with one attached hydrogen (secondary N) is 2. The van der Waals surface area contributed by atoms with Crippen molar-refractivity contribution in [1.82, 2.24) is 19.7 Å². The molecule has 2 N–H and O–H groups in total. The fourth-order valence-electron chi connectivity index (χ4n) is 3.31. The van der Waals surface area contributed by atoms with Crippen molar-refractivity contribution in [3.8, 4) is 11.4 Å². The summed E-state index contributed by atoms with van der Waals surface area (Å²) in [6.45, 7) is 3.88. The van der Waals surface area contributed by atoms with E-state index in [1.54, 1.807) is 18.2 Å². The van der Waals surface area contributed by atoms with Crippen molar-refractivity contribution in [2.24, 2.45) is 0 Å². The number of fused-ring (bicyclic) bond motifs is 1. The molecule has 0 aliphatic rings. The molecule has 2 aromatic heterocycles. The van der Waals surface area contributed by atoms with Gasteiger partial charge in [-0.2, -0.15) is 5.10 Å². The lowest BCUT2D eigenvalue weighted by molar-refractivity contribution is -0.113. The molecule has 0 bridgehead atoms. The van der Waals surface area contributed by atoms with Gasteiger partial charge in [0.25, 0.3) is 5.56 Å². The monoisotopic (exact) mass is 469 g/mol. The van der Waals surface area contributed by atoms with Crippen molar-refractivity contribution >= 4 is 46.0 Å². The van der Waals surface area contributed by atoms with Gasteiger partial charge < -0.3 is 10.1 Å². The number of para-hydroxylation sites is 1. The third kappa shape index (κ3) is 4.21. The van der Waals surface area contributed by atoms with Crippen molar-refractivity contribution in [2.75, 3.05) is 18.2 Å². The van der Waals surface area contributed by atoms with E-state index < -0.39 is 0 Å². The van der Waals surface area contributed by atoms with Gasteiger partial charge in [0.1, 0.15) is 11.1 Å². The minimum atomic E-state index is -0.317. The van der Waals surface area contributed by atoms with E-state index in [1.165, 1.54) is 17.9 Å². The summed E-state index contributed by atoms with van der Waals surface area (Å²) in [4.78, 5) is 30.4. The third-order valence-electron chi connectivity index (χ3n) is 4.92. The van der Waals surface area contributed by atoms with E-state index in [0.29, 0.717) is 32.6 Å². The number of aromatic nitrogens is 4. The van der Waals surface area contributed by atoms with Gasteiger partial charge in [-0.05, 0) is 43.2 Å². The molecular formula is C22H20ClN5O3S. The smallest absolute Gasteiger partial charge is 0.269 e. The number of nitrogens with zero attached hydrogens (tertiary/aromatic N) is 3. The molecule has 0 fully saturated rings. The number of benzene rings is 2. The molecule has 0 radical (unpaired) electrons. The first kappa shape index (κ1) is 21.9. The summed E-state index contributed by atoms with van der Waals surface area (Å²) in [7, 11) is 1.52. The number of carbonyl (C=O) groups excluding carboxylic acids is 1. The topological polar surface area (TPSA) is 102 Å². The zero-order chi connectivity index (χ0) is 22.8. The van der Waals surface area contributed by atoms with Crippen molar-refractivity contribution < 1.29 is 9.53 Å². The molecule has 0 aliphatic carbocycles. The number of rotatable bonds is 6. The highest BCUT2D eigenvalue weighted by Crippen LogP contribution is 2.28. The number of hydrogen-bond acceptors (Lipinski definition) is 6. The lowest BCUT2D eigenvalue weighted by atomic mass is 10.1. The Bertz CT molecular complexity index is 1360. The number of hydrogen-bond donors (Lipinski definition) is 2. The number of aromatic amines is 1. The second kappa shape index (κ2) is 9.05. The molecule has 0 atom stereocenters. The van der Waals surface area contributed by atoms with Crippen LogP contribution in [0.25, 0.3) is 16.7 Å². The highest BCUT2D eigenvalue weighted by Gasteiger charge is 2.17. The Balaban J connectivity index is 1.68. The second-order valence-electron chi connectivity index (χ2n) is 7.09. The van der Waals surface area contributed by atoms with Crippen molar-refractivity contribution in [1.29, 1.82) is 0 Å². The van der Waals surface area contributed by atoms with Gasteiger partial charge in [-0.3, -0.25) is 19.3 Å². The van der Waals surface area contributed by atoms with Crippen LogP contribution >= 0.6 is 23.4 Å². The largest absolute Gasteiger partial charge is 0.495 e. The van der Waals surface area contributed by atoms with Crippen LogP contribution in [0, 0.1) is 13.8 Å². The normalized spacial score (nSPS) is 11.0. The fraction of sp³-hybridized carbons (Fsp3) is 0.182. The van der Waals surface area contributed by atoms with Crippen molar-refractivity contribution in [3.63, 3.8) is 0 Å². The number of halogens is 1. The molecule has 2 aromatic carbocycles. The van der Waals surface area contributed by atoms with Crippen LogP contribution in [0.15, 0.2) is 52.5 Å². The summed E-state index contributed by atoms with van der Waals surface area (Å²) in [6, 6.07) is 10.8. The number of aryl methyl sites for hydroxylation is 2. The number of H-pyrrole nitrogens is 1. The third-order valence-corrected chi connectivity index (χ3v) is 6.16. The SMILES string of the molecule is COc1ccc(-n2c(SCC(=O)Nc3c(C)cccc3C)nc3[nH]ncc3c2=O)cc1Cl. The van der Waals surface area contributed by atoms with E-state index in [0.717, 1.165) is 28.6 Å². The maximum atomic E-state index is 13.2. The minimum absolute atomic E-state index is 0.0593. The summed E-state index contributed by atoms with van der Waals surface area (Å²) in [5.74, 6) is 0.345. The zero-order valence-electron chi connectivity index (χ0n) is 17.6. The van der Waals surface area contributed by atoms with E-state index in [4.69, 9.17) is 16.3 Å². The van der Waals surface area contributed by atoms with Crippen LogP contribution in [-0.2, 0) is 4.79 Å². The van der Waals surface area contributed by atoms with Gasteiger partial charge >= 0.3 is 0 Å². The van der Waals surface area contributed by atoms with Crippen LogP contribution in [0.3, 0.4) is 0 Å². The Morgan fingerprint density at radius 2 is 2.00 bits per heavy atom. The Morgan fingerprint density at radius 3 is 2.69 bits per heavy atom. The number of methoxy groups -OCH3 is 1. The first-order valence-corrected chi connectivity index (χ1v) is 11.0. The van der Waals surface area contributed by atoms with Gasteiger partial charge in [0.05, 0.1) is 29.8 Å². The van der Waals surface area contributed by atoms with E-state index >= 15 is 0 Å². The van der Waals surface area contributed by atoms with Crippen LogP contribution in [0.4, 0.5) is 5.69 Å². The number of ether oxygens (including phenoxy) is 1. The molecule has 10 heteroatoms. The van der Waals surface area contributed by atoms with Crippen molar-refractivity contribution in [3.05, 3.63) is 69.1 Å². The van der Waals surface area contributed by atoms with Gasteiger partial charge in [0, 0.05) is 5.69 Å². The predicted octanol–water partition coefficient (Wildman–Crippen LogP) is 4.12. The predicted molar refractivity (Wildman–Crippen MR) is 126 cm³/mol. The number of amides is 1. The lowest BCUT2D eigenvalue weighted by Gasteiger charge is -2.14. The maximum absolute atomic E-state index is 13.2. The van der Waals surface area contributed by atoms with Crippen LogP contribution in [0.2, 0.25) is 5.02 Å². The summed E-state index contributed by atoms with van der Waals surface area (Å²) in [6.07, 6.45) is 1.43. The van der Waals surface area contributed by atoms with E-state index in [1.807, 2.05) is 32.0 Å². The Kier molecular flexibility index (Phi) is 6.20. The van der Waals surface area contributed by atoms with Gasteiger partial charge in [0.2, 0.25) is 5.91 Å². The molecule has 2 heterocycles. The zero-order valence-corrected chi connectivity index (χ0v) is 19.2. The average molecular weight is 470 g/mol. The van der Waals surface area contributed by atoms with Crippen LogP contribution in [0.5, 0.6) is 5.75 Å². The van der Waals surface area contributed by atoms with Crippen LogP contribution in [0.1, 0.15) is 11.1 Å². The Hall–Kier alpha value is -3.30. The molecule has 0 aliphatic heterocycles. The first-order valence-electron chi connectivity index (χ1n) is 9.68. The average Bonchev–Trinajstić information content (AvgIpc) is 3.24. The van der Waals surface area contributed by atoms with Gasteiger partial charge in [-0.1, -0.05) is 41.6 Å². The molecule has 0 saturated heterocycles. The maximum Gasteiger partial charge on any atom is 0.269 e. The van der Waals surface area contributed by atoms with E-state index in [2.05, 4.69) is 20.5 Å². The van der Waals surface area contributed by atoms with Crippen LogP contribution in [-0.4, -0.2) is 38.5 Å². The number of anilines is 1. The summed E-state index contributed by atoms with van der Waals surface area (Å²) in [5.41, 5.74) is 3.28. The second-order valence-corrected chi connectivity index (χ2v) is 8.44. The van der Waals surface area contributed by atoms with Gasteiger partial charge in [0.15, 0.2) is 10.8 Å². The standard InChI is InChI=1S/C22H20ClN5O3S/c1-12-5-4-6-13(2)19(12)25-18(29)11-32-22-26-20-15(10-24-27-20)21(30)28(22)14-7-8-17(31-3)16(23)9-14/h4-10H,11H2,1-3H3,(H,24,27)(H,25,29). The number of carbonyl (C=O) groups is 1. The minimum Gasteiger partial charge on any atom is -0.495 e. The Morgan fingerprint density at radius 1 is 1.25 bits per heavy atom. The first-order chi connectivity index (χ1) is 15.4. The Labute approximate surface area is 193 Å². The highest BCUT2D eigenvalue weighted by atomic mass is 35.5. The molecule has 164 valence electrons. The van der Waals surface area contributed by atoms with Crippen LogP contribution < -0.4 is 15.6 Å². The molecule has 1 amide bonds. The molecule has 32 heavy (non-hydrogen) atoms. The number of thioether (sulfide) groups is 1. The molecule has 4 aromatic rings. The molecular weight excluding hydrogens is 450 g/mol. The molecule has 4 rings (SSSR count). The van der Waals surface area contributed by atoms with Gasteiger partial charge in [-0.15, -0.1) is 0 Å². The highest BCUT2D eigenvalue weighted by molar-refractivity contribution is 7.99. The van der Waals surface area contributed by atoms with E-state index in [-0.39, 0.29) is 17.2 Å². The molecule has 0 unspecified atom stereocenters. The fourth-order valence-corrected chi connectivity index (χ4v) is 4.37. The summed E-state index contributed by atoms with van der Waals surface area (Å²) < 4.78 is 6.62. The molecule has 0 saturated carbocycles. The van der Waals surface area contributed by atoms with E-state index in [9.17, 15) is 9.59 Å². The summed E-state index contributed by atoms with van der Waals surface area (Å²) in [5, 5.41) is 10.6. The molecule has 8 nitrogen and oxygen atoms in total.